The summed E-state index contributed by atoms with van der Waals surface area (Å²) in [6.45, 7) is 31.1. The molecule has 8 rings (SSSR count). The van der Waals surface area contributed by atoms with Crippen molar-refractivity contribution in [3.8, 4) is 0 Å². The van der Waals surface area contributed by atoms with E-state index in [4.69, 9.17) is 14.2 Å². The third-order valence-corrected chi connectivity index (χ3v) is 27.6. The van der Waals surface area contributed by atoms with Gasteiger partial charge in [-0.25, -0.2) is 35.2 Å². The maximum Gasteiger partial charge on any atom is 0.307 e. The molecule has 23 nitrogen and oxygen atoms in total. The zero-order valence-corrected chi connectivity index (χ0v) is 68.5. The van der Waals surface area contributed by atoms with Crippen LogP contribution in [-0.4, -0.2) is 202 Å². The van der Waals surface area contributed by atoms with E-state index in [2.05, 4.69) is 32.7 Å². The van der Waals surface area contributed by atoms with E-state index in [1.54, 1.807) is 51.5 Å². The van der Waals surface area contributed by atoms with Gasteiger partial charge in [-0.15, -0.1) is 0 Å². The Kier molecular flexibility index (Phi) is 32.0. The second kappa shape index (κ2) is 37.8. The average molecular weight is 1520 g/mol. The summed E-state index contributed by atoms with van der Waals surface area (Å²) >= 11 is 0. The van der Waals surface area contributed by atoms with Gasteiger partial charge in [0.15, 0.2) is 23.1 Å². The molecule has 0 aromatic rings. The normalized spacial score (nSPS) is 28.0. The van der Waals surface area contributed by atoms with Gasteiger partial charge in [-0.05, 0) is 149 Å². The maximum atomic E-state index is 14.4. The number of hydrogen-bond acceptors (Lipinski definition) is 19. The lowest BCUT2D eigenvalue weighted by Gasteiger charge is -2.35. The highest BCUT2D eigenvalue weighted by atomic mass is 32.2. The zero-order chi connectivity index (χ0) is 78.5. The summed E-state index contributed by atoms with van der Waals surface area (Å²) in [6, 6.07) is -1.71. The molecule has 8 fully saturated rings. The lowest BCUT2D eigenvalue weighted by Crippen LogP contribution is -2.49. The van der Waals surface area contributed by atoms with Gasteiger partial charge in [0.05, 0.1) is 61.1 Å². The fraction of sp³-hybridized carbons (Fsp3) is 0.863. The molecule has 4 aliphatic heterocycles. The van der Waals surface area contributed by atoms with Crippen LogP contribution in [0.15, 0.2) is 4.99 Å². The third-order valence-electron chi connectivity index (χ3n) is 24.0. The molecule has 596 valence electrons. The summed E-state index contributed by atoms with van der Waals surface area (Å²) in [5, 5.41) is 0. The van der Waals surface area contributed by atoms with Crippen LogP contribution in [0.4, 0.5) is 0 Å². The molecule has 105 heavy (non-hydrogen) atoms. The number of esters is 1. The number of fused-ring (bicyclic) bond motifs is 6. The van der Waals surface area contributed by atoms with Crippen molar-refractivity contribution >= 4 is 84.4 Å². The maximum absolute atomic E-state index is 14.4. The first-order chi connectivity index (χ1) is 48.8. The van der Waals surface area contributed by atoms with E-state index < -0.39 is 78.9 Å². The Morgan fingerprint density at radius 1 is 0.562 bits per heavy atom. The Morgan fingerprint density at radius 2 is 0.952 bits per heavy atom. The molecule has 0 aromatic heterocycles. The van der Waals surface area contributed by atoms with Crippen LogP contribution in [0.25, 0.3) is 0 Å². The van der Waals surface area contributed by atoms with Crippen molar-refractivity contribution in [2.75, 3.05) is 78.2 Å². The van der Waals surface area contributed by atoms with Crippen molar-refractivity contribution in [3.05, 3.63) is 0 Å². The Morgan fingerprint density at radius 3 is 1.32 bits per heavy atom. The topological polar surface area (TPSA) is 309 Å². The summed E-state index contributed by atoms with van der Waals surface area (Å²) in [5.74, 6) is -5.03. The fourth-order valence-corrected chi connectivity index (χ4v) is 17.9. The molecule has 4 saturated heterocycles. The van der Waals surface area contributed by atoms with Crippen LogP contribution < -0.4 is 0 Å². The van der Waals surface area contributed by atoms with Crippen molar-refractivity contribution in [1.29, 1.82) is 0 Å². The highest BCUT2D eigenvalue weighted by molar-refractivity contribution is 7.89. The standard InChI is InChI=1S/C38H62N2O8S.C32H49NO7.C10H20N2O3S/c1-8-49(46,47)39(7)22-28(37(2,3)4)21-29(41)19-27-24-48-17-13-11-9-10-12-14-26(35(44)32(43)18-25-15-16-25)20-31(42)34-33-30(38(33,5)6)23-40(34)36(27)45;1-31(2,3)40-26(36)17-22-19-39-14-10-8-6-7-9-11-21(29(37)25(35)15-20-12-13-20)16-24(34)28-27-23(32(27,4)5)18-33(28)30(22)38;1-6-16(14,15)12(5)7-9(11-8-13)10(2,3)4/h25-28,30,33-34H,8-24H2,1-7H3;20-23,27-28H,6-19H2,1-5H3;9H,6-7H2,1-5H3/t26-,27+,28-,30+,33+,34-;21-,22+,23+,27+,28-;9-/m111/s1. The van der Waals surface area contributed by atoms with Gasteiger partial charge in [0.1, 0.15) is 11.4 Å². The Balaban J connectivity index is 0.000000276. The van der Waals surface area contributed by atoms with Crippen LogP contribution in [0.3, 0.4) is 0 Å². The summed E-state index contributed by atoms with van der Waals surface area (Å²) in [7, 11) is -3.62. The Hall–Kier alpha value is -4.78. The second-order valence-electron chi connectivity index (χ2n) is 36.3. The molecule has 0 radical (unpaired) electrons. The molecular weight excluding hydrogens is 1380 g/mol. The number of carbonyl (C=O) groups excluding carboxylic acids is 11. The van der Waals surface area contributed by atoms with E-state index in [0.717, 1.165) is 89.9 Å². The molecule has 0 aromatic carbocycles. The minimum atomic E-state index is -3.43. The lowest BCUT2D eigenvalue weighted by atomic mass is 9.77. The van der Waals surface area contributed by atoms with E-state index in [-0.39, 0.29) is 174 Å². The molecule has 0 N–H and O–H groups in total. The quantitative estimate of drug-likeness (QED) is 0.0397. The Labute approximate surface area is 628 Å². The smallest absolute Gasteiger partial charge is 0.307 e. The first kappa shape index (κ1) is 89.1. The zero-order valence-electron chi connectivity index (χ0n) is 66.8. The number of amides is 2. The number of hydrogen-bond donors (Lipinski definition) is 0. The number of carbonyl (C=O) groups is 10. The molecule has 8 aliphatic rings. The molecule has 4 saturated carbocycles. The van der Waals surface area contributed by atoms with Crippen molar-refractivity contribution in [3.63, 3.8) is 0 Å². The van der Waals surface area contributed by atoms with Crippen LogP contribution in [0.1, 0.15) is 252 Å². The number of likely N-dealkylation sites (N-methyl/N-ethyl adjacent to an activating group) is 1. The van der Waals surface area contributed by atoms with Crippen LogP contribution in [-0.2, 0) is 87.0 Å². The summed E-state index contributed by atoms with van der Waals surface area (Å²) in [6.07, 6.45) is 15.8. The predicted molar refractivity (Wildman–Crippen MR) is 401 cm³/mol. The molecule has 12 atom stereocenters. The molecule has 25 heteroatoms. The first-order valence-electron chi connectivity index (χ1n) is 39.5. The number of rotatable bonds is 23. The van der Waals surface area contributed by atoms with Gasteiger partial charge in [-0.3, -0.25) is 47.9 Å². The third kappa shape index (κ3) is 25.6. The van der Waals surface area contributed by atoms with Crippen molar-refractivity contribution in [2.24, 2.45) is 91.7 Å². The molecule has 0 unspecified atom stereocenters. The largest absolute Gasteiger partial charge is 0.460 e. The molecule has 2 amide bonds. The van der Waals surface area contributed by atoms with E-state index in [1.807, 2.05) is 41.5 Å². The van der Waals surface area contributed by atoms with Gasteiger partial charge in [0.2, 0.25) is 49.5 Å². The highest BCUT2D eigenvalue weighted by Gasteiger charge is 2.70. The molecule has 0 bridgehead atoms. The van der Waals surface area contributed by atoms with Crippen molar-refractivity contribution in [2.45, 2.75) is 275 Å². The summed E-state index contributed by atoms with van der Waals surface area (Å²) in [5.41, 5.74) is -1.49. The number of ether oxygens (including phenoxy) is 3. The highest BCUT2D eigenvalue weighted by Crippen LogP contribution is 2.66. The Bertz CT molecular complexity index is 3350. The van der Waals surface area contributed by atoms with Crippen LogP contribution >= 0.6 is 0 Å². The van der Waals surface area contributed by atoms with E-state index >= 15 is 0 Å². The van der Waals surface area contributed by atoms with Gasteiger partial charge >= 0.3 is 5.97 Å². The monoisotopic (exact) mass is 1510 g/mol. The van der Waals surface area contributed by atoms with Crippen LogP contribution in [0.2, 0.25) is 0 Å². The average Bonchev–Trinajstić information content (AvgIpc) is 1.53. The number of piperidine rings is 2. The number of ketones is 7. The van der Waals surface area contributed by atoms with Gasteiger partial charge in [-0.1, -0.05) is 121 Å². The number of aliphatic imine (C=N–C) groups is 1. The summed E-state index contributed by atoms with van der Waals surface area (Å²) < 4.78 is 68.2. The number of Topliss-reactive ketones (excluding diaryl/α,β-unsaturated/α-hetero) is 7. The summed E-state index contributed by atoms with van der Waals surface area (Å²) in [4.78, 5) is 153. The molecule has 4 heterocycles. The van der Waals surface area contributed by atoms with E-state index in [0.29, 0.717) is 57.4 Å². The van der Waals surface area contributed by atoms with Gasteiger partial charge in [0.25, 0.3) is 0 Å². The molecular formula is C80H131N5O18S2. The van der Waals surface area contributed by atoms with Crippen LogP contribution in [0, 0.1) is 86.8 Å². The molecule has 4 aliphatic carbocycles. The van der Waals surface area contributed by atoms with Gasteiger partial charge in [0, 0.05) is 104 Å². The predicted octanol–water partition coefficient (Wildman–Crippen LogP) is 11.0. The van der Waals surface area contributed by atoms with E-state index in [9.17, 15) is 69.6 Å². The SMILES string of the molecule is CC(C)(C)OC(=O)C[C@H]1COCCCCCCC[C@@H](C(=O)C(=O)CC2CC2)CC(=O)[C@@H]2[C@@H]3[C@H](CN2C1=O)C3(C)C.CCS(=O)(=O)N(C)C[C@@H](CC(=O)C[C@H]1COCCCCCCC[C@@H](C(=O)C(=O)CC2CC2)CC(=O)[C@@H]2[C@@H]3[C@H](CN2C1=O)C3(C)C)C(C)(C)C.CCS(=O)(=O)N(C)C[C@@H](N=C=O)C(C)(C)C. The number of sulfonamides is 2. The minimum Gasteiger partial charge on any atom is -0.460 e. The van der Waals surface area contributed by atoms with Crippen molar-refractivity contribution < 1.29 is 83.8 Å². The van der Waals surface area contributed by atoms with Crippen LogP contribution in [0.5, 0.6) is 0 Å². The van der Waals surface area contributed by atoms with E-state index in [1.165, 1.54) is 21.7 Å². The van der Waals surface area contributed by atoms with Gasteiger partial charge in [-0.2, -0.15) is 0 Å². The minimum absolute atomic E-state index is 0.00375. The lowest BCUT2D eigenvalue weighted by molar-refractivity contribution is -0.160. The fourth-order valence-electron chi connectivity index (χ4n) is 16.2. The molecule has 0 spiro atoms. The number of isocyanates is 1. The number of nitrogens with zero attached hydrogens (tertiary/aromatic N) is 5. The first-order valence-corrected chi connectivity index (χ1v) is 42.7. The second-order valence-corrected chi connectivity index (χ2v) is 41.0. The van der Waals surface area contributed by atoms with Gasteiger partial charge < -0.3 is 24.0 Å². The van der Waals surface area contributed by atoms with Crippen molar-refractivity contribution in [1.82, 2.24) is 18.4 Å².